The minimum absolute atomic E-state index is 0.0678. The van der Waals surface area contributed by atoms with Crippen molar-refractivity contribution in [1.82, 2.24) is 4.57 Å². The minimum Gasteiger partial charge on any atom is -0.463 e. The molecule has 4 heterocycles. The number of carbonyl (C=O) groups excluding carboxylic acids is 1. The summed E-state index contributed by atoms with van der Waals surface area (Å²) < 4.78 is 19.2. The first-order valence-corrected chi connectivity index (χ1v) is 14.8. The lowest BCUT2D eigenvalue weighted by Gasteiger charge is -2.22. The van der Waals surface area contributed by atoms with Crippen LogP contribution in [0.3, 0.4) is 0 Å². The van der Waals surface area contributed by atoms with Crippen molar-refractivity contribution in [2.75, 3.05) is 6.61 Å². The van der Waals surface area contributed by atoms with Gasteiger partial charge in [0.25, 0.3) is 11.2 Å². The largest absolute Gasteiger partial charge is 0.463 e. The number of carbonyl (C=O) groups is 1. The van der Waals surface area contributed by atoms with Gasteiger partial charge in [0.2, 0.25) is 0 Å². The van der Waals surface area contributed by atoms with E-state index in [9.17, 15) is 19.7 Å². The predicted molar refractivity (Wildman–Crippen MR) is 165 cm³/mol. The molecule has 222 valence electrons. The molecule has 0 radical (unpaired) electrons. The van der Waals surface area contributed by atoms with E-state index in [1.807, 2.05) is 0 Å². The number of non-ortho nitro benzene ring substituents is 1. The Morgan fingerprint density at radius 2 is 1.82 bits per heavy atom. The van der Waals surface area contributed by atoms with E-state index in [4.69, 9.17) is 36.8 Å². The lowest BCUT2D eigenvalue weighted by molar-refractivity contribution is -0.384. The molecule has 1 aliphatic rings. The number of hydrogen-bond acceptors (Lipinski definition) is 9. The molecular weight excluding hydrogens is 629 g/mol. The maximum absolute atomic E-state index is 13.9. The average Bonchev–Trinajstić information content (AvgIpc) is 3.74. The van der Waals surface area contributed by atoms with Crippen LogP contribution < -0.4 is 14.9 Å². The van der Waals surface area contributed by atoms with E-state index in [-0.39, 0.29) is 17.9 Å². The summed E-state index contributed by atoms with van der Waals surface area (Å²) in [5.74, 6) is 0.920. The molecule has 13 heteroatoms. The van der Waals surface area contributed by atoms with Crippen molar-refractivity contribution < 1.29 is 23.3 Å². The van der Waals surface area contributed by atoms with Crippen molar-refractivity contribution in [2.45, 2.75) is 19.9 Å². The summed E-state index contributed by atoms with van der Waals surface area (Å²) in [7, 11) is 0. The van der Waals surface area contributed by atoms with Crippen LogP contribution in [0.4, 0.5) is 5.69 Å². The van der Waals surface area contributed by atoms with Gasteiger partial charge in [0.15, 0.2) is 4.80 Å². The number of nitrogens with zero attached hydrogens (tertiary/aromatic N) is 3. The molecule has 0 bridgehead atoms. The summed E-state index contributed by atoms with van der Waals surface area (Å²) in [5.41, 5.74) is 1.25. The molecule has 0 N–H and O–H groups in total. The van der Waals surface area contributed by atoms with Crippen LogP contribution >= 0.6 is 34.5 Å². The number of hydrogen-bond donors (Lipinski definition) is 0. The van der Waals surface area contributed by atoms with Gasteiger partial charge in [0.05, 0.1) is 37.4 Å². The number of benzene rings is 2. The highest BCUT2D eigenvalue weighted by atomic mass is 35.5. The van der Waals surface area contributed by atoms with Crippen molar-refractivity contribution in [1.29, 1.82) is 0 Å². The number of fused-ring (bicyclic) bond motifs is 1. The Morgan fingerprint density at radius 1 is 1.07 bits per heavy atom. The first kappa shape index (κ1) is 29.4. The summed E-state index contributed by atoms with van der Waals surface area (Å²) in [6.07, 6.45) is 1.56. The predicted octanol–water partition coefficient (Wildman–Crippen LogP) is 6.53. The molecule has 2 aromatic carbocycles. The molecule has 44 heavy (non-hydrogen) atoms. The number of halogens is 2. The Bertz CT molecular complexity index is 2170. The Labute approximate surface area is 262 Å². The van der Waals surface area contributed by atoms with Gasteiger partial charge in [0.1, 0.15) is 29.1 Å². The van der Waals surface area contributed by atoms with Gasteiger partial charge in [-0.15, -0.1) is 0 Å². The third-order valence-corrected chi connectivity index (χ3v) is 8.58. The van der Waals surface area contributed by atoms with E-state index in [1.165, 1.54) is 16.7 Å². The van der Waals surface area contributed by atoms with Crippen molar-refractivity contribution in [2.24, 2.45) is 4.99 Å². The third-order valence-electron chi connectivity index (χ3n) is 6.86. The first-order valence-electron chi connectivity index (χ1n) is 13.2. The van der Waals surface area contributed by atoms with E-state index in [0.717, 1.165) is 11.3 Å². The molecule has 5 aromatic rings. The monoisotopic (exact) mass is 649 g/mol. The number of esters is 1. The first-order chi connectivity index (χ1) is 21.1. The highest BCUT2D eigenvalue weighted by Crippen LogP contribution is 2.36. The van der Waals surface area contributed by atoms with Crippen LogP contribution in [-0.4, -0.2) is 22.1 Å². The fraction of sp³-hybridized carbons (Fsp3) is 0.129. The number of rotatable bonds is 7. The van der Waals surface area contributed by atoms with Crippen LogP contribution in [0, 0.1) is 10.1 Å². The molecule has 0 amide bonds. The molecule has 3 aromatic heterocycles. The lowest BCUT2D eigenvalue weighted by Crippen LogP contribution is -2.39. The van der Waals surface area contributed by atoms with Gasteiger partial charge >= 0.3 is 5.97 Å². The van der Waals surface area contributed by atoms with Crippen LogP contribution in [0.25, 0.3) is 28.7 Å². The standard InChI is InChI=1S/C31H21Cl2N3O7S/c1-3-41-30(38)27-16(2)34-31-35(28(27)25-12-11-24(43-25)18-7-9-21(32)22(33)14-18)29(37)26(44-31)15-20-8-10-23(42-20)17-5-4-6-19(13-17)36(39)40/h4-15,28H,3H2,1-2H3/b26-15-/t28-/m0/s1. The Hall–Kier alpha value is -4.71. The van der Waals surface area contributed by atoms with Gasteiger partial charge in [-0.2, -0.15) is 0 Å². The normalized spacial score (nSPS) is 14.8. The topological polar surface area (TPSA) is 130 Å². The summed E-state index contributed by atoms with van der Waals surface area (Å²) in [6, 6.07) is 16.9. The fourth-order valence-corrected chi connectivity index (χ4v) is 6.18. The Balaban J connectivity index is 1.45. The number of furan rings is 2. The second kappa shape index (κ2) is 11.8. The quantitative estimate of drug-likeness (QED) is 0.111. The van der Waals surface area contributed by atoms with E-state index in [2.05, 4.69) is 4.99 Å². The van der Waals surface area contributed by atoms with E-state index >= 15 is 0 Å². The summed E-state index contributed by atoms with van der Waals surface area (Å²) in [5, 5.41) is 11.9. The molecule has 0 fully saturated rings. The zero-order chi connectivity index (χ0) is 31.1. The maximum Gasteiger partial charge on any atom is 0.338 e. The number of aromatic nitrogens is 1. The van der Waals surface area contributed by atoms with Gasteiger partial charge in [-0.3, -0.25) is 19.5 Å². The fourth-order valence-electron chi connectivity index (χ4n) is 4.85. The number of nitro benzene ring substituents is 1. The molecular formula is C31H21Cl2N3O7S. The average molecular weight is 650 g/mol. The second-order valence-electron chi connectivity index (χ2n) is 9.64. The van der Waals surface area contributed by atoms with Gasteiger partial charge in [-0.05, 0) is 56.3 Å². The minimum atomic E-state index is -0.957. The van der Waals surface area contributed by atoms with Crippen molar-refractivity contribution in [3.8, 4) is 22.6 Å². The van der Waals surface area contributed by atoms with Crippen molar-refractivity contribution in [3.63, 3.8) is 0 Å². The zero-order valence-electron chi connectivity index (χ0n) is 23.1. The smallest absolute Gasteiger partial charge is 0.338 e. The third kappa shape index (κ3) is 5.41. The van der Waals surface area contributed by atoms with Crippen LogP contribution in [0.2, 0.25) is 10.0 Å². The number of nitro groups is 1. The molecule has 6 rings (SSSR count). The van der Waals surface area contributed by atoms with Crippen LogP contribution in [0.15, 0.2) is 96.6 Å². The maximum atomic E-state index is 13.9. The van der Waals surface area contributed by atoms with Gasteiger partial charge in [-0.1, -0.05) is 46.7 Å². The molecule has 10 nitrogen and oxygen atoms in total. The van der Waals surface area contributed by atoms with E-state index < -0.39 is 22.5 Å². The molecule has 0 saturated carbocycles. The molecule has 0 spiro atoms. The van der Waals surface area contributed by atoms with Gasteiger partial charge in [-0.25, -0.2) is 9.79 Å². The highest BCUT2D eigenvalue weighted by molar-refractivity contribution is 7.07. The number of thiazole rings is 1. The van der Waals surface area contributed by atoms with E-state index in [1.54, 1.807) is 74.5 Å². The zero-order valence-corrected chi connectivity index (χ0v) is 25.4. The Kier molecular flexibility index (Phi) is 7.85. The summed E-state index contributed by atoms with van der Waals surface area (Å²) in [6.45, 7) is 3.50. The highest BCUT2D eigenvalue weighted by Gasteiger charge is 2.35. The molecule has 1 aliphatic heterocycles. The molecule has 0 saturated heterocycles. The van der Waals surface area contributed by atoms with Gasteiger partial charge in [0, 0.05) is 29.3 Å². The van der Waals surface area contributed by atoms with Crippen molar-refractivity contribution >= 4 is 52.3 Å². The molecule has 0 unspecified atom stereocenters. The number of allylic oxidation sites excluding steroid dienone is 1. The van der Waals surface area contributed by atoms with Gasteiger partial charge < -0.3 is 13.6 Å². The number of ether oxygens (including phenoxy) is 1. The summed E-state index contributed by atoms with van der Waals surface area (Å²) in [4.78, 5) is 42.7. The molecule has 1 atom stereocenters. The van der Waals surface area contributed by atoms with Crippen LogP contribution in [0.1, 0.15) is 31.4 Å². The summed E-state index contributed by atoms with van der Waals surface area (Å²) >= 11 is 13.4. The molecule has 0 aliphatic carbocycles. The Morgan fingerprint density at radius 3 is 2.57 bits per heavy atom. The van der Waals surface area contributed by atoms with Crippen LogP contribution in [-0.2, 0) is 9.53 Å². The van der Waals surface area contributed by atoms with Crippen LogP contribution in [0.5, 0.6) is 0 Å². The van der Waals surface area contributed by atoms with E-state index in [0.29, 0.717) is 59.2 Å². The lowest BCUT2D eigenvalue weighted by atomic mass is 10.0. The SMILES string of the molecule is CCOC(=O)C1=C(C)N=c2s/c(=C\c3ccc(-c4cccc([N+](=O)[O-])c4)o3)c(=O)n2[C@H]1c1ccc(-c2ccc(Cl)c(Cl)c2)o1. The van der Waals surface area contributed by atoms with Crippen molar-refractivity contribution in [3.05, 3.63) is 129 Å². The second-order valence-corrected chi connectivity index (χ2v) is 11.5.